The zero-order valence-corrected chi connectivity index (χ0v) is 15.8. The van der Waals surface area contributed by atoms with Crippen LogP contribution < -0.4 is 10.1 Å². The molecule has 3 aromatic rings. The van der Waals surface area contributed by atoms with Crippen LogP contribution in [0, 0.1) is 13.8 Å². The minimum absolute atomic E-state index is 0.174. The molecule has 0 fully saturated rings. The van der Waals surface area contributed by atoms with Crippen LogP contribution in [0.1, 0.15) is 28.5 Å². The fourth-order valence-corrected chi connectivity index (χ4v) is 2.81. The third kappa shape index (κ3) is 3.64. The molecule has 1 heterocycles. The van der Waals surface area contributed by atoms with Gasteiger partial charge in [0.25, 0.3) is 5.91 Å². The fourth-order valence-electron chi connectivity index (χ4n) is 2.42. The zero-order valence-electron chi connectivity index (χ0n) is 14.3. The molecule has 0 aliphatic rings. The molecular formula is C19H18BrN3O2. The van der Waals surface area contributed by atoms with Crippen molar-refractivity contribution in [1.29, 1.82) is 0 Å². The molecule has 0 spiro atoms. The first kappa shape index (κ1) is 17.4. The number of halogens is 1. The highest BCUT2D eigenvalue weighted by molar-refractivity contribution is 9.10. The Morgan fingerprint density at radius 2 is 1.76 bits per heavy atom. The van der Waals surface area contributed by atoms with E-state index in [9.17, 15) is 4.79 Å². The Balaban J connectivity index is 2.06. The second kappa shape index (κ2) is 7.19. The van der Waals surface area contributed by atoms with Gasteiger partial charge in [0.2, 0.25) is 5.88 Å². The summed E-state index contributed by atoms with van der Waals surface area (Å²) in [7, 11) is 0. The highest BCUT2D eigenvalue weighted by Gasteiger charge is 2.19. The molecule has 0 atom stereocenters. The number of nitrogens with one attached hydrogen (secondary N) is 1. The molecule has 0 aliphatic carbocycles. The van der Waals surface area contributed by atoms with E-state index in [2.05, 4.69) is 31.2 Å². The van der Waals surface area contributed by atoms with Gasteiger partial charge >= 0.3 is 0 Å². The average molecular weight is 400 g/mol. The Hall–Kier alpha value is -2.47. The molecular weight excluding hydrogens is 382 g/mol. The van der Waals surface area contributed by atoms with E-state index in [4.69, 9.17) is 4.74 Å². The van der Waals surface area contributed by atoms with Crippen LogP contribution in [0.2, 0.25) is 0 Å². The third-order valence-corrected chi connectivity index (χ3v) is 4.56. The number of rotatable bonds is 4. The van der Waals surface area contributed by atoms with Crippen LogP contribution in [-0.2, 0) is 0 Å². The predicted octanol–water partition coefficient (Wildman–Crippen LogP) is 4.66. The van der Waals surface area contributed by atoms with Crippen molar-refractivity contribution < 1.29 is 9.53 Å². The molecule has 128 valence electrons. The predicted molar refractivity (Wildman–Crippen MR) is 102 cm³/mol. The van der Waals surface area contributed by atoms with E-state index in [1.54, 1.807) is 0 Å². The summed E-state index contributed by atoms with van der Waals surface area (Å²) in [6, 6.07) is 11.3. The summed E-state index contributed by atoms with van der Waals surface area (Å²) in [4.78, 5) is 21.7. The number of hydrogen-bond acceptors (Lipinski definition) is 4. The third-order valence-electron chi connectivity index (χ3n) is 3.87. The summed E-state index contributed by atoms with van der Waals surface area (Å²) >= 11 is 3.42. The summed E-state index contributed by atoms with van der Waals surface area (Å²) in [6.45, 7) is 6.28. The van der Waals surface area contributed by atoms with Crippen LogP contribution in [0.15, 0.2) is 40.9 Å². The van der Waals surface area contributed by atoms with Crippen molar-refractivity contribution in [2.45, 2.75) is 20.8 Å². The van der Waals surface area contributed by atoms with Crippen LogP contribution >= 0.6 is 15.9 Å². The summed E-state index contributed by atoms with van der Waals surface area (Å²) in [5, 5.41) is 2.85. The quantitative estimate of drug-likeness (QED) is 0.692. The molecule has 0 radical (unpaired) electrons. The standard InChI is InChI=1S/C19H18BrN3O2/c1-4-25-19-17(18(24)22-14-8-6-5-7-13(14)20)21-15-9-11(2)12(3)10-16(15)23-19/h5-10H,4H2,1-3H3,(H,22,24). The van der Waals surface area contributed by atoms with E-state index < -0.39 is 0 Å². The Morgan fingerprint density at radius 1 is 1.12 bits per heavy atom. The van der Waals surface area contributed by atoms with Crippen molar-refractivity contribution in [3.8, 4) is 5.88 Å². The largest absolute Gasteiger partial charge is 0.476 e. The van der Waals surface area contributed by atoms with E-state index in [0.717, 1.165) is 15.6 Å². The lowest BCUT2D eigenvalue weighted by atomic mass is 10.1. The maximum atomic E-state index is 12.7. The number of aromatic nitrogens is 2. The summed E-state index contributed by atoms with van der Waals surface area (Å²) in [6.07, 6.45) is 0. The number of carbonyl (C=O) groups excluding carboxylic acids is 1. The SMILES string of the molecule is CCOc1nc2cc(C)c(C)cc2nc1C(=O)Nc1ccccc1Br. The van der Waals surface area contributed by atoms with E-state index in [1.165, 1.54) is 0 Å². The van der Waals surface area contributed by atoms with Crippen LogP contribution in [0.25, 0.3) is 11.0 Å². The van der Waals surface area contributed by atoms with Crippen molar-refractivity contribution in [3.05, 3.63) is 57.7 Å². The Morgan fingerprint density at radius 3 is 2.40 bits per heavy atom. The Bertz CT molecular complexity index is 957. The maximum Gasteiger partial charge on any atom is 0.279 e. The van der Waals surface area contributed by atoms with Crippen molar-refractivity contribution in [2.75, 3.05) is 11.9 Å². The van der Waals surface area contributed by atoms with Crippen molar-refractivity contribution in [2.24, 2.45) is 0 Å². The molecule has 0 saturated carbocycles. The van der Waals surface area contributed by atoms with Crippen LogP contribution in [0.5, 0.6) is 5.88 Å². The van der Waals surface area contributed by atoms with Crippen molar-refractivity contribution in [1.82, 2.24) is 9.97 Å². The highest BCUT2D eigenvalue weighted by Crippen LogP contribution is 2.25. The molecule has 0 saturated heterocycles. The lowest BCUT2D eigenvalue weighted by molar-refractivity contribution is 0.101. The molecule has 1 N–H and O–H groups in total. The van der Waals surface area contributed by atoms with Gasteiger partial charge < -0.3 is 10.1 Å². The molecule has 1 amide bonds. The van der Waals surface area contributed by atoms with Gasteiger partial charge in [-0.3, -0.25) is 4.79 Å². The normalized spacial score (nSPS) is 10.7. The number of carbonyl (C=O) groups is 1. The van der Waals surface area contributed by atoms with E-state index in [0.29, 0.717) is 23.3 Å². The van der Waals surface area contributed by atoms with Crippen LogP contribution in [0.4, 0.5) is 5.69 Å². The number of aryl methyl sites for hydroxylation is 2. The van der Waals surface area contributed by atoms with Gasteiger partial charge in [0.05, 0.1) is 23.3 Å². The van der Waals surface area contributed by atoms with Crippen molar-refractivity contribution >= 4 is 38.6 Å². The van der Waals surface area contributed by atoms with Gasteiger partial charge in [-0.05, 0) is 72.1 Å². The van der Waals surface area contributed by atoms with E-state index >= 15 is 0 Å². The molecule has 1 aromatic heterocycles. The number of anilines is 1. The second-order valence-corrected chi connectivity index (χ2v) is 6.52. The molecule has 25 heavy (non-hydrogen) atoms. The van der Waals surface area contributed by atoms with Gasteiger partial charge in [-0.15, -0.1) is 0 Å². The minimum atomic E-state index is -0.358. The number of benzene rings is 2. The monoisotopic (exact) mass is 399 g/mol. The van der Waals surface area contributed by atoms with Gasteiger partial charge in [0.15, 0.2) is 5.69 Å². The molecule has 0 bridgehead atoms. The van der Waals surface area contributed by atoms with Gasteiger partial charge in [0.1, 0.15) is 0 Å². The van der Waals surface area contributed by atoms with Crippen LogP contribution in [0.3, 0.4) is 0 Å². The number of nitrogens with zero attached hydrogens (tertiary/aromatic N) is 2. The Kier molecular flexibility index (Phi) is 4.99. The number of amides is 1. The van der Waals surface area contributed by atoms with Gasteiger partial charge in [-0.25, -0.2) is 9.97 Å². The molecule has 0 aliphatic heterocycles. The first-order chi connectivity index (χ1) is 12.0. The number of fused-ring (bicyclic) bond motifs is 1. The van der Waals surface area contributed by atoms with Gasteiger partial charge in [-0.2, -0.15) is 0 Å². The van der Waals surface area contributed by atoms with E-state index in [1.807, 2.05) is 57.2 Å². The lowest BCUT2D eigenvalue weighted by Crippen LogP contribution is -2.17. The molecule has 5 nitrogen and oxygen atoms in total. The number of ether oxygens (including phenoxy) is 1. The minimum Gasteiger partial charge on any atom is -0.476 e. The highest BCUT2D eigenvalue weighted by atomic mass is 79.9. The first-order valence-electron chi connectivity index (χ1n) is 7.97. The van der Waals surface area contributed by atoms with Crippen LogP contribution in [-0.4, -0.2) is 22.5 Å². The first-order valence-corrected chi connectivity index (χ1v) is 8.76. The summed E-state index contributed by atoms with van der Waals surface area (Å²) in [5.41, 5.74) is 4.44. The average Bonchev–Trinajstić information content (AvgIpc) is 2.58. The zero-order chi connectivity index (χ0) is 18.0. The lowest BCUT2D eigenvalue weighted by Gasteiger charge is -2.12. The van der Waals surface area contributed by atoms with Crippen molar-refractivity contribution in [3.63, 3.8) is 0 Å². The Labute approximate surface area is 154 Å². The van der Waals surface area contributed by atoms with Gasteiger partial charge in [0, 0.05) is 4.47 Å². The summed E-state index contributed by atoms with van der Waals surface area (Å²) in [5.74, 6) is -0.120. The summed E-state index contributed by atoms with van der Waals surface area (Å²) < 4.78 is 6.35. The van der Waals surface area contributed by atoms with E-state index in [-0.39, 0.29) is 17.5 Å². The van der Waals surface area contributed by atoms with Gasteiger partial charge in [-0.1, -0.05) is 12.1 Å². The fraction of sp³-hybridized carbons (Fsp3) is 0.211. The second-order valence-electron chi connectivity index (χ2n) is 5.67. The topological polar surface area (TPSA) is 64.1 Å². The number of hydrogen-bond donors (Lipinski definition) is 1. The molecule has 6 heteroatoms. The molecule has 2 aromatic carbocycles. The molecule has 0 unspecified atom stereocenters. The number of para-hydroxylation sites is 1. The smallest absolute Gasteiger partial charge is 0.279 e. The maximum absolute atomic E-state index is 12.7. The molecule has 3 rings (SSSR count).